The molecule has 0 amide bonds. The molecule has 0 saturated carbocycles. The van der Waals surface area contributed by atoms with Crippen molar-refractivity contribution in [2.75, 3.05) is 36.8 Å². The largest absolute Gasteiger partial charge is 0.369 e. The third-order valence-corrected chi connectivity index (χ3v) is 3.12. The minimum absolute atomic E-state index is 0.00186. The van der Waals surface area contributed by atoms with Crippen LogP contribution in [0.25, 0.3) is 0 Å². The van der Waals surface area contributed by atoms with Crippen LogP contribution in [0.4, 0.5) is 17.3 Å². The Morgan fingerprint density at radius 1 is 1.33 bits per heavy atom. The summed E-state index contributed by atoms with van der Waals surface area (Å²) in [6, 6.07) is 3.21. The van der Waals surface area contributed by atoms with Crippen molar-refractivity contribution in [3.8, 4) is 0 Å². The molecule has 7 nitrogen and oxygen atoms in total. The van der Waals surface area contributed by atoms with Crippen molar-refractivity contribution in [3.63, 3.8) is 0 Å². The van der Waals surface area contributed by atoms with E-state index in [1.54, 1.807) is 6.07 Å². The number of aromatic nitrogens is 1. The zero-order valence-electron chi connectivity index (χ0n) is 13.2. The second kappa shape index (κ2) is 8.41. The molecule has 0 aliphatic heterocycles. The van der Waals surface area contributed by atoms with Gasteiger partial charge in [-0.25, -0.2) is 4.98 Å². The highest BCUT2D eigenvalue weighted by atomic mass is 16.6. The summed E-state index contributed by atoms with van der Waals surface area (Å²) in [6.45, 7) is 11.8. The highest BCUT2D eigenvalue weighted by Crippen LogP contribution is 2.24. The van der Waals surface area contributed by atoms with Gasteiger partial charge in [0.15, 0.2) is 0 Å². The number of nitrogens with one attached hydrogen (secondary N) is 2. The smallest absolute Gasteiger partial charge is 0.311 e. The lowest BCUT2D eigenvalue weighted by Gasteiger charge is -2.18. The minimum Gasteiger partial charge on any atom is -0.369 e. The minimum atomic E-state index is -0.419. The predicted octanol–water partition coefficient (Wildman–Crippen LogP) is 2.56. The van der Waals surface area contributed by atoms with Crippen LogP contribution in [0.15, 0.2) is 12.1 Å². The molecule has 1 rings (SSSR count). The van der Waals surface area contributed by atoms with Crippen molar-refractivity contribution in [2.45, 2.75) is 33.7 Å². The van der Waals surface area contributed by atoms with E-state index in [1.807, 2.05) is 13.8 Å². The van der Waals surface area contributed by atoms with E-state index in [2.05, 4.69) is 34.4 Å². The molecule has 0 radical (unpaired) electrons. The van der Waals surface area contributed by atoms with Crippen LogP contribution in [-0.4, -0.2) is 47.0 Å². The van der Waals surface area contributed by atoms with Gasteiger partial charge in [-0.05, 0) is 33.0 Å². The van der Waals surface area contributed by atoms with Crippen LogP contribution >= 0.6 is 0 Å². The fourth-order valence-electron chi connectivity index (χ4n) is 1.96. The van der Waals surface area contributed by atoms with Crippen LogP contribution in [0, 0.1) is 10.1 Å². The average molecular weight is 295 g/mol. The van der Waals surface area contributed by atoms with E-state index in [-0.39, 0.29) is 11.7 Å². The van der Waals surface area contributed by atoms with Crippen molar-refractivity contribution >= 4 is 17.3 Å². The molecule has 0 aromatic carbocycles. The SMILES string of the molecule is CCN(CC)CCNc1ccc([N+](=O)[O-])c(NC(C)C)n1. The van der Waals surface area contributed by atoms with E-state index in [1.165, 1.54) is 6.07 Å². The summed E-state index contributed by atoms with van der Waals surface area (Å²) in [5.74, 6) is 0.957. The van der Waals surface area contributed by atoms with Crippen LogP contribution in [-0.2, 0) is 0 Å². The zero-order chi connectivity index (χ0) is 15.8. The normalized spacial score (nSPS) is 11.0. The third-order valence-electron chi connectivity index (χ3n) is 3.12. The molecule has 0 bridgehead atoms. The number of nitrogens with zero attached hydrogens (tertiary/aromatic N) is 3. The van der Waals surface area contributed by atoms with Gasteiger partial charge in [-0.2, -0.15) is 0 Å². The number of pyridine rings is 1. The lowest BCUT2D eigenvalue weighted by atomic mass is 10.3. The molecule has 2 N–H and O–H groups in total. The Labute approximate surface area is 125 Å². The maximum atomic E-state index is 11.0. The van der Waals surface area contributed by atoms with Gasteiger partial charge in [-0.3, -0.25) is 10.1 Å². The first-order valence-electron chi connectivity index (χ1n) is 7.36. The number of hydrogen-bond donors (Lipinski definition) is 2. The molecular weight excluding hydrogens is 270 g/mol. The Kier molecular flexibility index (Phi) is 6.87. The molecule has 0 aliphatic rings. The summed E-state index contributed by atoms with van der Waals surface area (Å²) in [7, 11) is 0. The molecule has 0 saturated heterocycles. The maximum Gasteiger partial charge on any atom is 0.311 e. The average Bonchev–Trinajstić information content (AvgIpc) is 2.43. The first-order chi connectivity index (χ1) is 9.97. The first-order valence-corrected chi connectivity index (χ1v) is 7.36. The van der Waals surface area contributed by atoms with Crippen LogP contribution in [0.3, 0.4) is 0 Å². The van der Waals surface area contributed by atoms with Gasteiger partial charge in [0.1, 0.15) is 5.82 Å². The molecule has 118 valence electrons. The summed E-state index contributed by atoms with van der Waals surface area (Å²) >= 11 is 0. The molecule has 1 heterocycles. The van der Waals surface area contributed by atoms with E-state index in [0.717, 1.165) is 26.2 Å². The summed E-state index contributed by atoms with van der Waals surface area (Å²) < 4.78 is 0. The van der Waals surface area contributed by atoms with Gasteiger partial charge in [-0.1, -0.05) is 13.8 Å². The van der Waals surface area contributed by atoms with Crippen molar-refractivity contribution < 1.29 is 4.92 Å². The highest BCUT2D eigenvalue weighted by molar-refractivity contribution is 5.60. The van der Waals surface area contributed by atoms with Crippen LogP contribution in [0.5, 0.6) is 0 Å². The fourth-order valence-corrected chi connectivity index (χ4v) is 1.96. The molecule has 0 atom stereocenters. The highest BCUT2D eigenvalue weighted by Gasteiger charge is 2.16. The van der Waals surface area contributed by atoms with E-state index < -0.39 is 4.92 Å². The fraction of sp³-hybridized carbons (Fsp3) is 0.643. The van der Waals surface area contributed by atoms with E-state index in [4.69, 9.17) is 0 Å². The molecule has 7 heteroatoms. The molecule has 0 spiro atoms. The summed E-state index contributed by atoms with van der Waals surface area (Å²) in [6.07, 6.45) is 0. The maximum absolute atomic E-state index is 11.0. The summed E-state index contributed by atoms with van der Waals surface area (Å²) in [4.78, 5) is 17.2. The van der Waals surface area contributed by atoms with E-state index in [0.29, 0.717) is 11.6 Å². The van der Waals surface area contributed by atoms with Crippen molar-refractivity contribution in [2.24, 2.45) is 0 Å². The second-order valence-electron chi connectivity index (χ2n) is 5.07. The molecule has 1 aromatic rings. The number of likely N-dealkylation sites (N-methyl/N-ethyl adjacent to an activating group) is 1. The number of nitro groups is 1. The molecular formula is C14H25N5O2. The zero-order valence-corrected chi connectivity index (χ0v) is 13.2. The summed E-state index contributed by atoms with van der Waals surface area (Å²) in [5.41, 5.74) is -0.00186. The Morgan fingerprint density at radius 2 is 2.00 bits per heavy atom. The van der Waals surface area contributed by atoms with Gasteiger partial charge >= 0.3 is 5.69 Å². The van der Waals surface area contributed by atoms with Gasteiger partial charge < -0.3 is 15.5 Å². The summed E-state index contributed by atoms with van der Waals surface area (Å²) in [5, 5.41) is 17.2. The van der Waals surface area contributed by atoms with Crippen molar-refractivity contribution in [3.05, 3.63) is 22.2 Å². The molecule has 1 aromatic heterocycles. The lowest BCUT2D eigenvalue weighted by Crippen LogP contribution is -2.28. The Bertz CT molecular complexity index is 461. The van der Waals surface area contributed by atoms with Gasteiger partial charge in [0.25, 0.3) is 0 Å². The van der Waals surface area contributed by atoms with Crippen LogP contribution in [0.2, 0.25) is 0 Å². The van der Waals surface area contributed by atoms with Gasteiger partial charge in [-0.15, -0.1) is 0 Å². The number of anilines is 2. The van der Waals surface area contributed by atoms with Gasteiger partial charge in [0.2, 0.25) is 5.82 Å². The lowest BCUT2D eigenvalue weighted by molar-refractivity contribution is -0.384. The quantitative estimate of drug-likeness (QED) is 0.538. The molecule has 0 unspecified atom stereocenters. The molecule has 0 aliphatic carbocycles. The third kappa shape index (κ3) is 5.55. The topological polar surface area (TPSA) is 83.3 Å². The standard InChI is InChI=1S/C14H25N5O2/c1-5-18(6-2)10-9-15-13-8-7-12(19(20)21)14(17-13)16-11(3)4/h7-8,11H,5-6,9-10H2,1-4H3,(H2,15,16,17). The number of hydrogen-bond acceptors (Lipinski definition) is 6. The second-order valence-corrected chi connectivity index (χ2v) is 5.07. The van der Waals surface area contributed by atoms with Crippen LogP contribution < -0.4 is 10.6 Å². The van der Waals surface area contributed by atoms with Crippen LogP contribution in [0.1, 0.15) is 27.7 Å². The molecule has 21 heavy (non-hydrogen) atoms. The number of rotatable bonds is 9. The predicted molar refractivity (Wildman–Crippen MR) is 85.9 cm³/mol. The van der Waals surface area contributed by atoms with Gasteiger partial charge in [0.05, 0.1) is 4.92 Å². The van der Waals surface area contributed by atoms with E-state index in [9.17, 15) is 10.1 Å². The molecule has 0 fully saturated rings. The van der Waals surface area contributed by atoms with E-state index >= 15 is 0 Å². The Morgan fingerprint density at radius 3 is 2.52 bits per heavy atom. The Hall–Kier alpha value is -1.89. The van der Waals surface area contributed by atoms with Crippen molar-refractivity contribution in [1.82, 2.24) is 9.88 Å². The first kappa shape index (κ1) is 17.2. The van der Waals surface area contributed by atoms with Crippen molar-refractivity contribution in [1.29, 1.82) is 0 Å². The van der Waals surface area contributed by atoms with Gasteiger partial charge in [0, 0.05) is 25.2 Å². The Balaban J connectivity index is 2.73. The monoisotopic (exact) mass is 295 g/mol.